The third kappa shape index (κ3) is 5.06. The highest BCUT2D eigenvalue weighted by Crippen LogP contribution is 2.47. The van der Waals surface area contributed by atoms with Gasteiger partial charge in [0.1, 0.15) is 10.4 Å². The molecule has 0 saturated heterocycles. The van der Waals surface area contributed by atoms with Crippen molar-refractivity contribution >= 4 is 27.5 Å². The second-order valence-corrected chi connectivity index (χ2v) is 14.6. The smallest absolute Gasteiger partial charge is 0.245 e. The molecule has 1 aromatic heterocycles. The van der Waals surface area contributed by atoms with E-state index in [1.165, 1.54) is 32.1 Å². The highest BCUT2D eigenvalue weighted by atomic mass is 35.5. The lowest BCUT2D eigenvalue weighted by Gasteiger charge is -2.41. The number of hydrogen-bond donors (Lipinski definition) is 2. The number of rotatable bonds is 4. The Morgan fingerprint density at radius 1 is 0.950 bits per heavy atom. The van der Waals surface area contributed by atoms with Crippen molar-refractivity contribution in [3.63, 3.8) is 0 Å². The van der Waals surface area contributed by atoms with Crippen LogP contribution in [-0.4, -0.2) is 61.2 Å². The fraction of sp³-hybridized carbons (Fsp3) is 0.581. The van der Waals surface area contributed by atoms with Crippen molar-refractivity contribution in [1.29, 1.82) is 0 Å². The summed E-state index contributed by atoms with van der Waals surface area (Å²) in [6, 6.07) is 9.83. The number of amides is 1. The van der Waals surface area contributed by atoms with Crippen LogP contribution in [0.15, 0.2) is 52.6 Å². The van der Waals surface area contributed by atoms with Gasteiger partial charge < -0.3 is 9.88 Å². The molecule has 1 fully saturated rings. The molecular formula is C31H41ClN4O3S. The molecule has 0 bridgehead atoms. The van der Waals surface area contributed by atoms with Gasteiger partial charge in [0, 0.05) is 49.9 Å². The Balaban J connectivity index is 1.21. The van der Waals surface area contributed by atoms with Crippen LogP contribution in [0.5, 0.6) is 0 Å². The average molecular weight is 585 g/mol. The van der Waals surface area contributed by atoms with E-state index in [-0.39, 0.29) is 17.2 Å². The number of carbonyl (C=O) groups is 1. The fourth-order valence-corrected chi connectivity index (χ4v) is 9.35. The van der Waals surface area contributed by atoms with Crippen molar-refractivity contribution in [2.45, 2.75) is 86.4 Å². The van der Waals surface area contributed by atoms with Gasteiger partial charge in [0.15, 0.2) is 0 Å². The molecule has 4 heterocycles. The summed E-state index contributed by atoms with van der Waals surface area (Å²) < 4.78 is 30.1. The molecule has 4 aliphatic rings. The molecule has 9 heteroatoms. The van der Waals surface area contributed by atoms with E-state index in [9.17, 15) is 13.2 Å². The number of H-pyrrole nitrogens is 1. The zero-order chi connectivity index (χ0) is 27.9. The van der Waals surface area contributed by atoms with Crippen molar-refractivity contribution in [3.8, 4) is 0 Å². The van der Waals surface area contributed by atoms with Gasteiger partial charge in [-0.2, -0.15) is 4.31 Å². The molecule has 6 rings (SSSR count). The fourth-order valence-electron chi connectivity index (χ4n) is 7.38. The van der Waals surface area contributed by atoms with E-state index in [1.807, 2.05) is 42.2 Å². The summed E-state index contributed by atoms with van der Waals surface area (Å²) >= 11 is 6.70. The van der Waals surface area contributed by atoms with Crippen LogP contribution in [0.1, 0.15) is 93.0 Å². The van der Waals surface area contributed by atoms with Crippen LogP contribution in [0, 0.1) is 0 Å². The lowest BCUT2D eigenvalue weighted by atomic mass is 9.70. The summed E-state index contributed by atoms with van der Waals surface area (Å²) in [5.41, 5.74) is 4.21. The van der Waals surface area contributed by atoms with Crippen LogP contribution in [0.3, 0.4) is 0 Å². The van der Waals surface area contributed by atoms with Crippen LogP contribution < -0.4 is 5.32 Å². The molecule has 1 aliphatic carbocycles. The molecule has 1 amide bonds. The third-order valence-corrected chi connectivity index (χ3v) is 11.9. The number of fused-ring (bicyclic) bond motifs is 2. The lowest BCUT2D eigenvalue weighted by Crippen LogP contribution is -2.45. The molecule has 7 nitrogen and oxygen atoms in total. The van der Waals surface area contributed by atoms with Gasteiger partial charge >= 0.3 is 0 Å². The Hall–Kier alpha value is -2.13. The Labute approximate surface area is 243 Å². The molecule has 2 atom stereocenters. The maximum atomic E-state index is 14.3. The molecule has 1 spiro atoms. The molecular weight excluding hydrogens is 544 g/mol. The van der Waals surface area contributed by atoms with Gasteiger partial charge in [-0.25, -0.2) is 8.42 Å². The molecule has 1 saturated carbocycles. The second kappa shape index (κ2) is 11.3. The highest BCUT2D eigenvalue weighted by Gasteiger charge is 2.46. The molecule has 0 radical (unpaired) electrons. The predicted octanol–water partition coefficient (Wildman–Crippen LogP) is 5.56. The molecule has 2 aromatic rings. The van der Waals surface area contributed by atoms with Gasteiger partial charge in [0.05, 0.1) is 11.6 Å². The number of aromatic nitrogens is 1. The normalized spacial score (nSPS) is 24.6. The summed E-state index contributed by atoms with van der Waals surface area (Å²) in [5.74, 6) is -0.133. The number of hydrogen-bond acceptors (Lipinski definition) is 4. The Morgan fingerprint density at radius 3 is 2.17 bits per heavy atom. The maximum absolute atomic E-state index is 14.3. The maximum Gasteiger partial charge on any atom is 0.245 e. The van der Waals surface area contributed by atoms with Gasteiger partial charge in [-0.3, -0.25) is 10.1 Å². The first-order chi connectivity index (χ1) is 19.3. The molecule has 2 N–H and O–H groups in total. The van der Waals surface area contributed by atoms with Crippen LogP contribution >= 0.6 is 11.6 Å². The first-order valence-electron chi connectivity index (χ1n) is 14.9. The number of benzene rings is 1. The average Bonchev–Trinajstić information content (AvgIpc) is 3.69. The van der Waals surface area contributed by atoms with Crippen LogP contribution in [0.25, 0.3) is 0 Å². The topological polar surface area (TPSA) is 85.5 Å². The van der Waals surface area contributed by atoms with Gasteiger partial charge in [0.2, 0.25) is 15.9 Å². The number of halogens is 1. The molecule has 216 valence electrons. The van der Waals surface area contributed by atoms with Gasteiger partial charge in [-0.15, -0.1) is 0 Å². The van der Waals surface area contributed by atoms with Crippen molar-refractivity contribution in [3.05, 3.63) is 64.5 Å². The first kappa shape index (κ1) is 28.0. The second-order valence-electron chi connectivity index (χ2n) is 12.2. The van der Waals surface area contributed by atoms with E-state index in [0.29, 0.717) is 37.6 Å². The Morgan fingerprint density at radius 2 is 1.55 bits per heavy atom. The lowest BCUT2D eigenvalue weighted by molar-refractivity contribution is -0.131. The predicted molar refractivity (Wildman–Crippen MR) is 158 cm³/mol. The SMILES string of the molecule is C[C@@H](C(=O)N1CC2=C(C1)CN(S(=O)(=O)c1c[nH]c3c1C1(CCCCCCCCC1)CNC3Cl)C2)c1ccccc1. The standard InChI is InChI=1S/C31H41ClN4O3S/c1-22(23-12-8-7-9-13-23)30(37)35-17-24-19-36(20-25(24)18-35)40(38,39)26-16-33-28-27(26)31(21-34-29(28)32)14-10-5-3-2-4-6-11-15-31/h7-9,12-13,16,22,29,33-34H,2-6,10-11,14-15,17-21H2,1H3/t22-,29?/m1/s1. The number of nitrogens with one attached hydrogen (secondary N) is 2. The first-order valence-corrected chi connectivity index (χ1v) is 16.8. The number of alkyl halides is 1. The zero-order valence-corrected chi connectivity index (χ0v) is 25.0. The Kier molecular flexibility index (Phi) is 7.89. The van der Waals surface area contributed by atoms with E-state index in [0.717, 1.165) is 53.7 Å². The number of aromatic amines is 1. The quantitative estimate of drug-likeness (QED) is 0.280. The summed E-state index contributed by atoms with van der Waals surface area (Å²) in [4.78, 5) is 18.8. The monoisotopic (exact) mass is 584 g/mol. The van der Waals surface area contributed by atoms with Gasteiger partial charge in [0.25, 0.3) is 0 Å². The number of sulfonamides is 1. The van der Waals surface area contributed by atoms with Gasteiger partial charge in [-0.05, 0) is 36.5 Å². The third-order valence-electron chi connectivity index (χ3n) is 9.69. The van der Waals surface area contributed by atoms with E-state index in [2.05, 4.69) is 10.3 Å². The van der Waals surface area contributed by atoms with Crippen molar-refractivity contribution in [2.24, 2.45) is 0 Å². The van der Waals surface area contributed by atoms with Gasteiger partial charge in [-0.1, -0.05) is 86.9 Å². The summed E-state index contributed by atoms with van der Waals surface area (Å²) in [5, 5.41) is 3.47. The largest absolute Gasteiger partial charge is 0.361 e. The number of carbonyl (C=O) groups excluding carboxylic acids is 1. The molecule has 1 aromatic carbocycles. The minimum atomic E-state index is -3.74. The Bertz CT molecular complexity index is 1360. The molecule has 1 unspecified atom stereocenters. The van der Waals surface area contributed by atoms with Crippen molar-refractivity contribution < 1.29 is 13.2 Å². The van der Waals surface area contributed by atoms with Crippen molar-refractivity contribution in [2.75, 3.05) is 32.7 Å². The summed E-state index contributed by atoms with van der Waals surface area (Å²) in [7, 11) is -3.74. The number of nitrogens with zero attached hydrogens (tertiary/aromatic N) is 2. The van der Waals surface area contributed by atoms with Crippen LogP contribution in [-0.2, 0) is 20.2 Å². The highest BCUT2D eigenvalue weighted by molar-refractivity contribution is 7.89. The van der Waals surface area contributed by atoms with Crippen LogP contribution in [0.4, 0.5) is 0 Å². The van der Waals surface area contributed by atoms with Crippen molar-refractivity contribution in [1.82, 2.24) is 19.5 Å². The summed E-state index contributed by atoms with van der Waals surface area (Å²) in [6.45, 7) is 4.34. The molecule has 3 aliphatic heterocycles. The van der Waals surface area contributed by atoms with E-state index >= 15 is 0 Å². The molecule has 40 heavy (non-hydrogen) atoms. The van der Waals surface area contributed by atoms with E-state index in [4.69, 9.17) is 11.6 Å². The minimum Gasteiger partial charge on any atom is -0.361 e. The van der Waals surface area contributed by atoms with Crippen LogP contribution in [0.2, 0.25) is 0 Å². The van der Waals surface area contributed by atoms with E-state index < -0.39 is 15.5 Å². The summed E-state index contributed by atoms with van der Waals surface area (Å²) in [6.07, 6.45) is 12.0. The zero-order valence-electron chi connectivity index (χ0n) is 23.4. The van der Waals surface area contributed by atoms with E-state index in [1.54, 1.807) is 10.5 Å². The minimum absolute atomic E-state index is 0.0910.